The lowest BCUT2D eigenvalue weighted by molar-refractivity contribution is -0.152. The second kappa shape index (κ2) is 6.21. The molecule has 4 heteroatoms. The maximum Gasteiger partial charge on any atom is 0.245 e. The average Bonchev–Trinajstić information content (AvgIpc) is 2.34. The molecular weight excluding hydrogens is 228 g/mol. The molecule has 1 heterocycles. The van der Waals surface area contributed by atoms with E-state index in [9.17, 15) is 9.59 Å². The van der Waals surface area contributed by atoms with Gasteiger partial charge >= 0.3 is 0 Å². The second-order valence-corrected chi connectivity index (χ2v) is 5.22. The highest BCUT2D eigenvalue weighted by Crippen LogP contribution is 2.24. The van der Waals surface area contributed by atoms with Gasteiger partial charge in [0.15, 0.2) is 0 Å². The van der Waals surface area contributed by atoms with E-state index in [2.05, 4.69) is 26.1 Å². The van der Waals surface area contributed by atoms with Crippen LogP contribution in [0.1, 0.15) is 53.9 Å². The molecule has 0 aromatic rings. The van der Waals surface area contributed by atoms with E-state index in [1.54, 1.807) is 6.92 Å². The van der Waals surface area contributed by atoms with Crippen molar-refractivity contribution in [2.24, 2.45) is 5.92 Å². The summed E-state index contributed by atoms with van der Waals surface area (Å²) in [5, 5.41) is 2.76. The number of piperazine rings is 1. The van der Waals surface area contributed by atoms with Gasteiger partial charge in [0.2, 0.25) is 11.8 Å². The zero-order chi connectivity index (χ0) is 13.9. The Balaban J connectivity index is 2.98. The molecule has 104 valence electrons. The summed E-state index contributed by atoms with van der Waals surface area (Å²) < 4.78 is 0. The van der Waals surface area contributed by atoms with Crippen molar-refractivity contribution >= 4 is 11.8 Å². The van der Waals surface area contributed by atoms with Crippen molar-refractivity contribution in [2.75, 3.05) is 0 Å². The molecule has 18 heavy (non-hydrogen) atoms. The molecule has 1 saturated heterocycles. The number of hydrogen-bond donors (Lipinski definition) is 1. The van der Waals surface area contributed by atoms with Crippen molar-refractivity contribution in [1.82, 2.24) is 10.2 Å². The van der Waals surface area contributed by atoms with Crippen LogP contribution in [0.5, 0.6) is 0 Å². The highest BCUT2D eigenvalue weighted by molar-refractivity contribution is 5.96. The Kier molecular flexibility index (Phi) is 5.17. The summed E-state index contributed by atoms with van der Waals surface area (Å²) in [5.74, 6) is 0.504. The van der Waals surface area contributed by atoms with Gasteiger partial charge in [0.25, 0.3) is 0 Å². The molecule has 3 unspecified atom stereocenters. The van der Waals surface area contributed by atoms with Gasteiger partial charge in [-0.15, -0.1) is 0 Å². The van der Waals surface area contributed by atoms with Gasteiger partial charge < -0.3 is 10.2 Å². The molecule has 0 radical (unpaired) electrons. The lowest BCUT2D eigenvalue weighted by Gasteiger charge is -2.43. The van der Waals surface area contributed by atoms with Crippen LogP contribution >= 0.6 is 0 Å². The average molecular weight is 254 g/mol. The Morgan fingerprint density at radius 2 is 1.78 bits per heavy atom. The molecule has 1 N–H and O–H groups in total. The van der Waals surface area contributed by atoms with Crippen LogP contribution in [0, 0.1) is 5.92 Å². The summed E-state index contributed by atoms with van der Waals surface area (Å²) in [6, 6.07) is -0.563. The van der Waals surface area contributed by atoms with E-state index in [4.69, 9.17) is 0 Å². The third-order valence-electron chi connectivity index (χ3n) is 4.18. The van der Waals surface area contributed by atoms with Gasteiger partial charge in [-0.3, -0.25) is 9.59 Å². The molecule has 1 rings (SSSR count). The van der Waals surface area contributed by atoms with E-state index < -0.39 is 6.04 Å². The molecule has 4 nitrogen and oxygen atoms in total. The third-order valence-corrected chi connectivity index (χ3v) is 4.18. The van der Waals surface area contributed by atoms with Crippen molar-refractivity contribution in [1.29, 1.82) is 0 Å². The molecular formula is C14H26N2O2. The van der Waals surface area contributed by atoms with Crippen molar-refractivity contribution in [2.45, 2.75) is 72.0 Å². The number of carbonyl (C=O) groups excluding carboxylic acids is 2. The van der Waals surface area contributed by atoms with E-state index in [1.807, 2.05) is 11.8 Å². The molecule has 2 amide bonds. The predicted molar refractivity (Wildman–Crippen MR) is 72.1 cm³/mol. The first-order valence-electron chi connectivity index (χ1n) is 7.10. The fraction of sp³-hybridized carbons (Fsp3) is 0.857. The van der Waals surface area contributed by atoms with Gasteiger partial charge in [0, 0.05) is 6.04 Å². The summed E-state index contributed by atoms with van der Waals surface area (Å²) in [6.07, 6.45) is 2.75. The topological polar surface area (TPSA) is 49.4 Å². The van der Waals surface area contributed by atoms with Crippen molar-refractivity contribution in [3.63, 3.8) is 0 Å². The monoisotopic (exact) mass is 254 g/mol. The molecule has 0 saturated carbocycles. The lowest BCUT2D eigenvalue weighted by atomic mass is 9.91. The maximum absolute atomic E-state index is 12.3. The first-order valence-corrected chi connectivity index (χ1v) is 7.10. The van der Waals surface area contributed by atoms with Gasteiger partial charge in [-0.05, 0) is 26.2 Å². The number of nitrogens with one attached hydrogen (secondary N) is 1. The molecule has 3 atom stereocenters. The Morgan fingerprint density at radius 3 is 2.22 bits per heavy atom. The molecule has 1 fully saturated rings. The number of hydrogen-bond acceptors (Lipinski definition) is 2. The Hall–Kier alpha value is -1.06. The summed E-state index contributed by atoms with van der Waals surface area (Å²) in [5.41, 5.74) is 0. The van der Waals surface area contributed by atoms with Crippen LogP contribution < -0.4 is 5.32 Å². The Morgan fingerprint density at radius 1 is 1.22 bits per heavy atom. The van der Waals surface area contributed by atoms with Gasteiger partial charge in [0.1, 0.15) is 12.1 Å². The Labute approximate surface area is 110 Å². The first kappa shape index (κ1) is 15.0. The smallest absolute Gasteiger partial charge is 0.245 e. The fourth-order valence-electron chi connectivity index (χ4n) is 2.94. The summed E-state index contributed by atoms with van der Waals surface area (Å²) in [6.45, 7) is 10.1. The summed E-state index contributed by atoms with van der Waals surface area (Å²) >= 11 is 0. The number of nitrogens with zero attached hydrogens (tertiary/aromatic N) is 1. The van der Waals surface area contributed by atoms with Crippen molar-refractivity contribution in [3.8, 4) is 0 Å². The van der Waals surface area contributed by atoms with E-state index in [1.165, 1.54) is 0 Å². The van der Waals surface area contributed by atoms with Crippen LogP contribution in [0.3, 0.4) is 0 Å². The minimum Gasteiger partial charge on any atom is -0.343 e. The molecule has 1 aliphatic rings. The highest BCUT2D eigenvalue weighted by atomic mass is 16.2. The number of amides is 2. The molecule has 0 aromatic carbocycles. The maximum atomic E-state index is 12.3. The first-order chi connectivity index (χ1) is 8.47. The van der Waals surface area contributed by atoms with Gasteiger partial charge in [-0.25, -0.2) is 0 Å². The van der Waals surface area contributed by atoms with Gasteiger partial charge in [-0.2, -0.15) is 0 Å². The lowest BCUT2D eigenvalue weighted by Crippen LogP contribution is -2.65. The zero-order valence-corrected chi connectivity index (χ0v) is 12.2. The number of carbonyl (C=O) groups is 2. The SMILES string of the molecule is CCC(CC)C(C)N1C(=O)C(C)NC(=O)C1CC. The van der Waals surface area contributed by atoms with E-state index in [-0.39, 0.29) is 23.9 Å². The van der Waals surface area contributed by atoms with Crippen molar-refractivity contribution < 1.29 is 9.59 Å². The molecule has 0 spiro atoms. The van der Waals surface area contributed by atoms with E-state index >= 15 is 0 Å². The van der Waals surface area contributed by atoms with Crippen LogP contribution in [0.2, 0.25) is 0 Å². The molecule has 0 bridgehead atoms. The summed E-state index contributed by atoms with van der Waals surface area (Å²) in [7, 11) is 0. The van der Waals surface area contributed by atoms with Crippen LogP contribution in [-0.4, -0.2) is 34.8 Å². The highest BCUT2D eigenvalue weighted by Gasteiger charge is 2.41. The van der Waals surface area contributed by atoms with Crippen LogP contribution in [0.4, 0.5) is 0 Å². The number of rotatable bonds is 5. The minimum atomic E-state index is -0.392. The quantitative estimate of drug-likeness (QED) is 0.815. The third kappa shape index (κ3) is 2.68. The van der Waals surface area contributed by atoms with E-state index in [0.717, 1.165) is 12.8 Å². The molecule has 0 aromatic heterocycles. The van der Waals surface area contributed by atoms with Crippen LogP contribution in [0.15, 0.2) is 0 Å². The normalized spacial score (nSPS) is 26.4. The van der Waals surface area contributed by atoms with E-state index in [0.29, 0.717) is 12.3 Å². The molecule has 0 aliphatic carbocycles. The zero-order valence-electron chi connectivity index (χ0n) is 12.2. The van der Waals surface area contributed by atoms with Gasteiger partial charge in [0.05, 0.1) is 0 Å². The molecule has 1 aliphatic heterocycles. The second-order valence-electron chi connectivity index (χ2n) is 5.22. The van der Waals surface area contributed by atoms with Crippen molar-refractivity contribution in [3.05, 3.63) is 0 Å². The van der Waals surface area contributed by atoms with Gasteiger partial charge in [-0.1, -0.05) is 33.6 Å². The minimum absolute atomic E-state index is 0.0117. The summed E-state index contributed by atoms with van der Waals surface area (Å²) in [4.78, 5) is 26.1. The largest absolute Gasteiger partial charge is 0.343 e. The Bertz CT molecular complexity index is 313. The predicted octanol–water partition coefficient (Wildman–Crippen LogP) is 1.94. The van der Waals surface area contributed by atoms with Crippen LogP contribution in [0.25, 0.3) is 0 Å². The van der Waals surface area contributed by atoms with Crippen LogP contribution in [-0.2, 0) is 9.59 Å². The standard InChI is InChI=1S/C14H26N2O2/c1-6-11(7-2)10(5)16-12(8-3)13(17)15-9(4)14(16)18/h9-12H,6-8H2,1-5H3,(H,15,17). The fourth-order valence-corrected chi connectivity index (χ4v) is 2.94.